The summed E-state index contributed by atoms with van der Waals surface area (Å²) in [5.74, 6) is 13.0. The number of alkyl carbamates (subject to hydrolysis) is 2. The number of rotatable bonds is 11. The van der Waals surface area contributed by atoms with Gasteiger partial charge in [0.05, 0.1) is 50.1 Å². The number of likely N-dealkylation sites (tertiary alicyclic amines) is 2. The van der Waals surface area contributed by atoms with Crippen LogP contribution < -0.4 is 15.5 Å². The van der Waals surface area contributed by atoms with Gasteiger partial charge in [-0.15, -0.1) is 37.2 Å². The molecule has 4 atom stereocenters. The zero-order valence-electron chi connectivity index (χ0n) is 37.2. The third-order valence-corrected chi connectivity index (χ3v) is 11.4. The number of halogens is 3. The SMILES string of the molecule is COC(=O)NC(C(=O)N1CCCC1c1ncc(C#CC#Cc2ccc(-c3cnc(C4CCCN4C(=O)[C@@H](NC(=O)OC)C(C)C)[nH]3)cc2N(C)c2ccccc2)[nH]1)c1ccccc1.Cl.Cl.Cl. The minimum atomic E-state index is -0.914. The maximum Gasteiger partial charge on any atom is 0.407 e. The molecule has 5 aromatic rings. The molecule has 4 heterocycles. The Morgan fingerprint density at radius 2 is 1.32 bits per heavy atom. The Balaban J connectivity index is 0.00000317. The van der Waals surface area contributed by atoms with E-state index in [1.165, 1.54) is 14.2 Å². The second-order valence-electron chi connectivity index (χ2n) is 15.7. The minimum Gasteiger partial charge on any atom is -0.453 e. The van der Waals surface area contributed by atoms with E-state index in [9.17, 15) is 19.2 Å². The van der Waals surface area contributed by atoms with Crippen LogP contribution in [0, 0.1) is 29.6 Å². The number of aromatic nitrogens is 4. The fourth-order valence-electron chi connectivity index (χ4n) is 8.08. The monoisotopic (exact) mass is 957 g/mol. The molecule has 0 aliphatic carbocycles. The van der Waals surface area contributed by atoms with Gasteiger partial charge in [0.25, 0.3) is 5.91 Å². The Kier molecular flexibility index (Phi) is 18.9. The topological polar surface area (TPSA) is 178 Å². The van der Waals surface area contributed by atoms with Crippen molar-refractivity contribution in [2.45, 2.75) is 63.7 Å². The molecule has 15 nitrogen and oxygen atoms in total. The standard InChI is InChI=1S/C48H51N9O6.3ClH/c1-31(2)41(53-47(60)62-4)45(58)56-26-15-23-39(56)44-50-30-37(52-44)34-25-24-32(40(28-34)55(3)36-20-10-7-11-21-36)16-12-13-19-35-29-49-43(51-35)38-22-14-27-57(38)46(59)42(54-48(61)63-5)33-17-8-6-9-18-33;;;/h6-11,17-18,20-21,24-25,28-31,38-39,41-42H,14-15,22-23,26-27H2,1-5H3,(H,49,51)(H,50,52)(H,53,60)(H,54,61);3*1H/t38?,39?,41-,42?;;;/m0.../s1. The Morgan fingerprint density at radius 1 is 0.742 bits per heavy atom. The van der Waals surface area contributed by atoms with Gasteiger partial charge in [-0.25, -0.2) is 19.6 Å². The van der Waals surface area contributed by atoms with Crippen LogP contribution in [0.3, 0.4) is 0 Å². The number of carbonyl (C=O) groups excluding carboxylic acids is 4. The number of hydrogen-bond donors (Lipinski definition) is 4. The lowest BCUT2D eigenvalue weighted by molar-refractivity contribution is -0.135. The molecular weight excluding hydrogens is 905 g/mol. The molecule has 4 N–H and O–H groups in total. The molecule has 0 bridgehead atoms. The maximum atomic E-state index is 13.9. The Hall–Kier alpha value is -6.65. The first kappa shape index (κ1) is 52.0. The van der Waals surface area contributed by atoms with E-state index >= 15 is 0 Å². The van der Waals surface area contributed by atoms with Crippen LogP contribution in [-0.2, 0) is 19.1 Å². The molecular formula is C48H54Cl3N9O6. The lowest BCUT2D eigenvalue weighted by Crippen LogP contribution is -2.51. The van der Waals surface area contributed by atoms with Crippen LogP contribution in [-0.4, -0.2) is 94.1 Å². The number of amides is 4. The number of H-pyrrole nitrogens is 2. The summed E-state index contributed by atoms with van der Waals surface area (Å²) >= 11 is 0. The van der Waals surface area contributed by atoms with Crippen molar-refractivity contribution >= 4 is 72.6 Å². The summed E-state index contributed by atoms with van der Waals surface area (Å²) in [5, 5.41) is 5.39. The van der Waals surface area contributed by atoms with Crippen molar-refractivity contribution in [3.8, 4) is 34.9 Å². The third-order valence-electron chi connectivity index (χ3n) is 11.4. The number of carbonyl (C=O) groups is 4. The quantitative estimate of drug-likeness (QED) is 0.0955. The van der Waals surface area contributed by atoms with E-state index in [0.29, 0.717) is 42.4 Å². The summed E-state index contributed by atoms with van der Waals surface area (Å²) in [4.78, 5) is 73.6. The minimum absolute atomic E-state index is 0. The second kappa shape index (κ2) is 24.0. The predicted octanol–water partition coefficient (Wildman–Crippen LogP) is 8.04. The van der Waals surface area contributed by atoms with Gasteiger partial charge in [-0.3, -0.25) is 9.59 Å². The number of aromatic amines is 2. The van der Waals surface area contributed by atoms with Gasteiger partial charge in [0, 0.05) is 37.0 Å². The van der Waals surface area contributed by atoms with E-state index in [4.69, 9.17) is 14.5 Å². The van der Waals surface area contributed by atoms with Gasteiger partial charge in [-0.1, -0.05) is 74.4 Å². The molecule has 0 saturated carbocycles. The molecule has 0 radical (unpaired) electrons. The highest BCUT2D eigenvalue weighted by Crippen LogP contribution is 2.36. The number of anilines is 2. The average Bonchev–Trinajstić information content (AvgIpc) is 4.16. The van der Waals surface area contributed by atoms with E-state index in [0.717, 1.165) is 47.5 Å². The molecule has 66 heavy (non-hydrogen) atoms. The first-order valence-electron chi connectivity index (χ1n) is 21.0. The smallest absolute Gasteiger partial charge is 0.407 e. The Labute approximate surface area is 403 Å². The van der Waals surface area contributed by atoms with Crippen molar-refractivity contribution in [2.75, 3.05) is 39.3 Å². The number of para-hydroxylation sites is 1. The van der Waals surface area contributed by atoms with Gasteiger partial charge in [0.1, 0.15) is 29.4 Å². The molecule has 18 heteroatoms. The Morgan fingerprint density at radius 3 is 1.95 bits per heavy atom. The van der Waals surface area contributed by atoms with Crippen molar-refractivity contribution in [3.05, 3.63) is 120 Å². The summed E-state index contributed by atoms with van der Waals surface area (Å²) in [6.45, 7) is 4.85. The number of hydrogen-bond acceptors (Lipinski definition) is 9. The summed E-state index contributed by atoms with van der Waals surface area (Å²) in [5.41, 5.74) is 5.44. The number of nitrogens with one attached hydrogen (secondary N) is 4. The van der Waals surface area contributed by atoms with Gasteiger partial charge in [0.15, 0.2) is 0 Å². The lowest BCUT2D eigenvalue weighted by atomic mass is 10.0. The van der Waals surface area contributed by atoms with Crippen LogP contribution in [0.4, 0.5) is 21.0 Å². The van der Waals surface area contributed by atoms with E-state index in [-0.39, 0.29) is 67.0 Å². The molecule has 7 rings (SSSR count). The normalized spacial score (nSPS) is 15.8. The van der Waals surface area contributed by atoms with Crippen molar-refractivity contribution in [2.24, 2.45) is 5.92 Å². The number of imidazole rings is 2. The van der Waals surface area contributed by atoms with E-state index in [1.54, 1.807) is 34.3 Å². The van der Waals surface area contributed by atoms with Crippen LogP contribution >= 0.6 is 37.2 Å². The van der Waals surface area contributed by atoms with Crippen molar-refractivity contribution in [3.63, 3.8) is 0 Å². The predicted molar refractivity (Wildman–Crippen MR) is 259 cm³/mol. The van der Waals surface area contributed by atoms with Crippen LogP contribution in [0.2, 0.25) is 0 Å². The van der Waals surface area contributed by atoms with Crippen molar-refractivity contribution < 1.29 is 28.7 Å². The highest BCUT2D eigenvalue weighted by molar-refractivity contribution is 5.88. The van der Waals surface area contributed by atoms with Crippen LogP contribution in [0.1, 0.15) is 86.1 Å². The zero-order chi connectivity index (χ0) is 44.5. The highest BCUT2D eigenvalue weighted by Gasteiger charge is 2.38. The highest BCUT2D eigenvalue weighted by atomic mass is 35.5. The zero-order valence-corrected chi connectivity index (χ0v) is 39.6. The fraction of sp³-hybridized carbons (Fsp3) is 0.333. The average molecular weight is 959 g/mol. The third kappa shape index (κ3) is 12.0. The largest absolute Gasteiger partial charge is 0.453 e. The molecule has 0 spiro atoms. The molecule has 348 valence electrons. The first-order chi connectivity index (χ1) is 30.6. The van der Waals surface area contributed by atoms with Gasteiger partial charge in [-0.2, -0.15) is 0 Å². The fourth-order valence-corrected chi connectivity index (χ4v) is 8.08. The molecule has 4 amide bonds. The molecule has 2 aromatic heterocycles. The lowest BCUT2D eigenvalue weighted by Gasteiger charge is -2.30. The van der Waals surface area contributed by atoms with Crippen molar-refractivity contribution in [1.29, 1.82) is 0 Å². The van der Waals surface area contributed by atoms with Crippen LogP contribution in [0.25, 0.3) is 11.3 Å². The van der Waals surface area contributed by atoms with E-state index in [2.05, 4.69) is 54.2 Å². The van der Waals surface area contributed by atoms with Crippen LogP contribution in [0.5, 0.6) is 0 Å². The van der Waals surface area contributed by atoms with Crippen LogP contribution in [0.15, 0.2) is 91.3 Å². The van der Waals surface area contributed by atoms with Crippen molar-refractivity contribution in [1.82, 2.24) is 40.4 Å². The molecule has 2 aliphatic heterocycles. The van der Waals surface area contributed by atoms with Gasteiger partial charge in [-0.05, 0) is 79.2 Å². The number of methoxy groups -OCH3 is 2. The molecule has 3 aromatic carbocycles. The van der Waals surface area contributed by atoms with Gasteiger partial charge < -0.3 is 44.8 Å². The maximum absolute atomic E-state index is 13.9. The number of nitrogens with zero attached hydrogens (tertiary/aromatic N) is 5. The second-order valence-corrected chi connectivity index (χ2v) is 15.7. The van der Waals surface area contributed by atoms with Gasteiger partial charge in [0.2, 0.25) is 5.91 Å². The molecule has 2 saturated heterocycles. The summed E-state index contributed by atoms with van der Waals surface area (Å²) in [7, 11) is 4.53. The molecule has 2 aliphatic rings. The molecule has 2 fully saturated rings. The Bertz CT molecular complexity index is 2570. The molecule has 3 unspecified atom stereocenters. The number of benzene rings is 3. The summed E-state index contributed by atoms with van der Waals surface area (Å²) < 4.78 is 9.61. The van der Waals surface area contributed by atoms with E-state index < -0.39 is 24.3 Å². The summed E-state index contributed by atoms with van der Waals surface area (Å²) in [6, 6.07) is 22.8. The van der Waals surface area contributed by atoms with Gasteiger partial charge >= 0.3 is 12.2 Å². The summed E-state index contributed by atoms with van der Waals surface area (Å²) in [6.07, 6.45) is 5.11. The first-order valence-corrected chi connectivity index (χ1v) is 21.0. The number of ether oxygens (including phenoxy) is 2. The van der Waals surface area contributed by atoms with E-state index in [1.807, 2.05) is 87.6 Å².